The standard InChI is InChI=1S/C15H21N5O3/c1-17(2)3-4-19-11-12-9-15(20(21)22)14(10-13(12)16-19)18-5-7-23-8-6-18/h9-11H,3-8H2,1-2H3. The van der Waals surface area contributed by atoms with Crippen molar-refractivity contribution in [2.24, 2.45) is 0 Å². The van der Waals surface area contributed by atoms with Gasteiger partial charge in [0.25, 0.3) is 5.69 Å². The SMILES string of the molecule is CN(C)CCn1cc2cc([N+](=O)[O-])c(N3CCOCC3)cc2n1. The number of fused-ring (bicyclic) bond motifs is 1. The fraction of sp³-hybridized carbons (Fsp3) is 0.533. The van der Waals surface area contributed by atoms with Gasteiger partial charge in [-0.3, -0.25) is 14.8 Å². The second-order valence-electron chi connectivity index (χ2n) is 5.95. The molecule has 8 nitrogen and oxygen atoms in total. The van der Waals surface area contributed by atoms with E-state index in [2.05, 4.69) is 10.00 Å². The lowest BCUT2D eigenvalue weighted by atomic mass is 10.2. The van der Waals surface area contributed by atoms with Crippen molar-refractivity contribution in [3.05, 3.63) is 28.4 Å². The predicted molar refractivity (Wildman–Crippen MR) is 88.0 cm³/mol. The minimum absolute atomic E-state index is 0.131. The van der Waals surface area contributed by atoms with E-state index in [0.717, 1.165) is 24.0 Å². The van der Waals surface area contributed by atoms with Gasteiger partial charge in [-0.05, 0) is 20.2 Å². The Bertz CT molecular complexity index is 706. The summed E-state index contributed by atoms with van der Waals surface area (Å²) in [7, 11) is 4.01. The van der Waals surface area contributed by atoms with Gasteiger partial charge in [0.15, 0.2) is 0 Å². The van der Waals surface area contributed by atoms with E-state index in [1.165, 1.54) is 0 Å². The van der Waals surface area contributed by atoms with Crippen LogP contribution in [0.15, 0.2) is 18.3 Å². The summed E-state index contributed by atoms with van der Waals surface area (Å²) >= 11 is 0. The van der Waals surface area contributed by atoms with Crippen LogP contribution in [0.1, 0.15) is 0 Å². The summed E-state index contributed by atoms with van der Waals surface area (Å²) in [6.07, 6.45) is 1.87. The van der Waals surface area contributed by atoms with E-state index < -0.39 is 0 Å². The molecule has 2 heterocycles. The van der Waals surface area contributed by atoms with Crippen LogP contribution >= 0.6 is 0 Å². The molecule has 0 radical (unpaired) electrons. The molecule has 1 aliphatic heterocycles. The number of anilines is 1. The quantitative estimate of drug-likeness (QED) is 0.611. The lowest BCUT2D eigenvalue weighted by Crippen LogP contribution is -2.36. The van der Waals surface area contributed by atoms with E-state index in [9.17, 15) is 10.1 Å². The largest absolute Gasteiger partial charge is 0.378 e. The third-order valence-corrected chi connectivity index (χ3v) is 3.97. The van der Waals surface area contributed by atoms with Crippen LogP contribution in [0.4, 0.5) is 11.4 Å². The Balaban J connectivity index is 1.97. The summed E-state index contributed by atoms with van der Waals surface area (Å²) < 4.78 is 7.18. The molecule has 1 fully saturated rings. The van der Waals surface area contributed by atoms with Crippen LogP contribution in [0.3, 0.4) is 0 Å². The van der Waals surface area contributed by atoms with E-state index in [-0.39, 0.29) is 10.6 Å². The maximum Gasteiger partial charge on any atom is 0.293 e. The fourth-order valence-corrected chi connectivity index (χ4v) is 2.72. The van der Waals surface area contributed by atoms with E-state index in [1.807, 2.05) is 35.9 Å². The zero-order chi connectivity index (χ0) is 16.4. The second kappa shape index (κ2) is 6.51. The average molecular weight is 319 g/mol. The number of morpholine rings is 1. The molecule has 2 aromatic rings. The first kappa shape index (κ1) is 15.7. The monoisotopic (exact) mass is 319 g/mol. The zero-order valence-electron chi connectivity index (χ0n) is 13.4. The highest BCUT2D eigenvalue weighted by Gasteiger charge is 2.23. The van der Waals surface area contributed by atoms with E-state index in [4.69, 9.17) is 4.74 Å². The smallest absolute Gasteiger partial charge is 0.293 e. The van der Waals surface area contributed by atoms with Crippen molar-refractivity contribution in [2.45, 2.75) is 6.54 Å². The number of nitrogens with zero attached hydrogens (tertiary/aromatic N) is 5. The van der Waals surface area contributed by atoms with Crippen molar-refractivity contribution >= 4 is 22.3 Å². The van der Waals surface area contributed by atoms with Gasteiger partial charge in [-0.2, -0.15) is 5.10 Å². The highest BCUT2D eigenvalue weighted by atomic mass is 16.6. The fourth-order valence-electron chi connectivity index (χ4n) is 2.72. The molecule has 23 heavy (non-hydrogen) atoms. The number of nitro groups is 1. The molecule has 8 heteroatoms. The maximum atomic E-state index is 11.4. The van der Waals surface area contributed by atoms with Crippen LogP contribution in [-0.2, 0) is 11.3 Å². The highest BCUT2D eigenvalue weighted by Crippen LogP contribution is 2.33. The summed E-state index contributed by atoms with van der Waals surface area (Å²) in [4.78, 5) is 15.2. The number of aromatic nitrogens is 2. The Kier molecular flexibility index (Phi) is 4.44. The van der Waals surface area contributed by atoms with Crippen molar-refractivity contribution in [1.82, 2.24) is 14.7 Å². The Hall–Kier alpha value is -2.19. The first-order chi connectivity index (χ1) is 11.0. The van der Waals surface area contributed by atoms with Gasteiger partial charge in [0.1, 0.15) is 5.69 Å². The van der Waals surface area contributed by atoms with E-state index in [1.54, 1.807) is 6.07 Å². The topological polar surface area (TPSA) is 76.7 Å². The summed E-state index contributed by atoms with van der Waals surface area (Å²) in [6.45, 7) is 4.12. The van der Waals surface area contributed by atoms with Crippen LogP contribution in [0.2, 0.25) is 0 Å². The molecule has 0 amide bonds. The number of benzene rings is 1. The molecular formula is C15H21N5O3. The first-order valence-corrected chi connectivity index (χ1v) is 7.67. The van der Waals surface area contributed by atoms with E-state index >= 15 is 0 Å². The van der Waals surface area contributed by atoms with Gasteiger partial charge < -0.3 is 14.5 Å². The normalized spacial score (nSPS) is 15.5. The molecule has 0 unspecified atom stereocenters. The molecule has 0 bridgehead atoms. The van der Waals surface area contributed by atoms with Gasteiger partial charge in [-0.25, -0.2) is 0 Å². The van der Waals surface area contributed by atoms with Crippen molar-refractivity contribution in [3.8, 4) is 0 Å². The average Bonchev–Trinajstić information content (AvgIpc) is 2.94. The first-order valence-electron chi connectivity index (χ1n) is 7.67. The lowest BCUT2D eigenvalue weighted by molar-refractivity contribution is -0.384. The Morgan fingerprint density at radius 2 is 2.09 bits per heavy atom. The maximum absolute atomic E-state index is 11.4. The predicted octanol–water partition coefficient (Wildman–Crippen LogP) is 1.34. The Morgan fingerprint density at radius 1 is 1.35 bits per heavy atom. The molecule has 0 atom stereocenters. The number of nitro benzene ring substituents is 1. The van der Waals surface area contributed by atoms with Crippen LogP contribution in [-0.4, -0.2) is 66.5 Å². The third kappa shape index (κ3) is 3.43. The number of likely N-dealkylation sites (N-methyl/N-ethyl adjacent to an activating group) is 1. The van der Waals surface area contributed by atoms with E-state index in [0.29, 0.717) is 32.0 Å². The van der Waals surface area contributed by atoms with Crippen molar-refractivity contribution in [2.75, 3.05) is 51.8 Å². The molecule has 1 aromatic carbocycles. The molecule has 1 aromatic heterocycles. The summed E-state index contributed by atoms with van der Waals surface area (Å²) in [5.74, 6) is 0. The van der Waals surface area contributed by atoms with Crippen molar-refractivity contribution in [1.29, 1.82) is 0 Å². The van der Waals surface area contributed by atoms with Crippen LogP contribution in [0.5, 0.6) is 0 Å². The van der Waals surface area contributed by atoms with Gasteiger partial charge >= 0.3 is 0 Å². The number of rotatable bonds is 5. The van der Waals surface area contributed by atoms with Gasteiger partial charge in [0.2, 0.25) is 0 Å². The zero-order valence-corrected chi connectivity index (χ0v) is 13.4. The third-order valence-electron chi connectivity index (χ3n) is 3.97. The Labute approximate surface area is 134 Å². The number of hydrogen-bond donors (Lipinski definition) is 0. The number of ether oxygens (including phenoxy) is 1. The molecule has 1 aliphatic rings. The summed E-state index contributed by atoms with van der Waals surface area (Å²) in [6, 6.07) is 3.45. The molecule has 124 valence electrons. The second-order valence-corrected chi connectivity index (χ2v) is 5.95. The highest BCUT2D eigenvalue weighted by molar-refractivity contribution is 5.87. The minimum Gasteiger partial charge on any atom is -0.378 e. The van der Waals surface area contributed by atoms with Crippen LogP contribution in [0, 0.1) is 10.1 Å². The molecule has 1 saturated heterocycles. The summed E-state index contributed by atoms with van der Waals surface area (Å²) in [5, 5.41) is 16.8. The molecule has 0 N–H and O–H groups in total. The van der Waals surface area contributed by atoms with Gasteiger partial charge in [0, 0.05) is 37.3 Å². The van der Waals surface area contributed by atoms with Gasteiger partial charge in [-0.1, -0.05) is 0 Å². The van der Waals surface area contributed by atoms with Gasteiger partial charge in [0.05, 0.1) is 30.2 Å². The number of hydrogen-bond acceptors (Lipinski definition) is 6. The Morgan fingerprint density at radius 3 is 2.74 bits per heavy atom. The lowest BCUT2D eigenvalue weighted by Gasteiger charge is -2.28. The van der Waals surface area contributed by atoms with Crippen molar-refractivity contribution in [3.63, 3.8) is 0 Å². The molecule has 0 aliphatic carbocycles. The van der Waals surface area contributed by atoms with Crippen LogP contribution < -0.4 is 4.90 Å². The molecular weight excluding hydrogens is 298 g/mol. The summed E-state index contributed by atoms with van der Waals surface area (Å²) in [5.41, 5.74) is 1.55. The molecule has 0 saturated carbocycles. The van der Waals surface area contributed by atoms with Gasteiger partial charge in [-0.15, -0.1) is 0 Å². The molecule has 0 spiro atoms. The molecule has 3 rings (SSSR count). The minimum atomic E-state index is -0.318. The van der Waals surface area contributed by atoms with Crippen molar-refractivity contribution < 1.29 is 9.66 Å². The van der Waals surface area contributed by atoms with Crippen LogP contribution in [0.25, 0.3) is 10.9 Å².